The monoisotopic (exact) mass is 338 g/mol. The highest BCUT2D eigenvalue weighted by molar-refractivity contribution is 7.89. The van der Waals surface area contributed by atoms with Gasteiger partial charge in [0.15, 0.2) is 0 Å². The van der Waals surface area contributed by atoms with E-state index in [4.69, 9.17) is 0 Å². The molecule has 1 amide bonds. The van der Waals surface area contributed by atoms with Crippen molar-refractivity contribution in [2.75, 3.05) is 12.4 Å². The molecule has 1 aliphatic carbocycles. The van der Waals surface area contributed by atoms with Crippen LogP contribution < -0.4 is 10.0 Å². The van der Waals surface area contributed by atoms with E-state index in [9.17, 15) is 13.2 Å². The van der Waals surface area contributed by atoms with Crippen LogP contribution in [0.1, 0.15) is 34.1 Å². The number of benzene rings is 1. The molecule has 1 aromatic carbocycles. The van der Waals surface area contributed by atoms with Crippen molar-refractivity contribution in [3.05, 3.63) is 34.8 Å². The van der Waals surface area contributed by atoms with Gasteiger partial charge in [-0.15, -0.1) is 10.2 Å². The van der Waals surface area contributed by atoms with Gasteiger partial charge in [-0.1, -0.05) is 11.3 Å². The first-order valence-electron chi connectivity index (χ1n) is 6.68. The summed E-state index contributed by atoms with van der Waals surface area (Å²) in [5.41, 5.74) is 0.359. The number of rotatable bonds is 5. The Morgan fingerprint density at radius 3 is 2.50 bits per heavy atom. The quantitative estimate of drug-likeness (QED) is 0.862. The van der Waals surface area contributed by atoms with Crippen LogP contribution in [0.25, 0.3) is 0 Å². The largest absolute Gasteiger partial charge is 0.296 e. The third kappa shape index (κ3) is 3.16. The van der Waals surface area contributed by atoms with Gasteiger partial charge in [0.25, 0.3) is 5.91 Å². The molecule has 116 valence electrons. The van der Waals surface area contributed by atoms with Gasteiger partial charge in [0.2, 0.25) is 15.2 Å². The van der Waals surface area contributed by atoms with Gasteiger partial charge in [-0.25, -0.2) is 13.1 Å². The highest BCUT2D eigenvalue weighted by atomic mass is 32.2. The van der Waals surface area contributed by atoms with Gasteiger partial charge in [0.1, 0.15) is 5.01 Å². The fraction of sp³-hybridized carbons (Fsp3) is 0.308. The third-order valence-electron chi connectivity index (χ3n) is 3.28. The van der Waals surface area contributed by atoms with Crippen molar-refractivity contribution in [3.63, 3.8) is 0 Å². The van der Waals surface area contributed by atoms with Crippen molar-refractivity contribution in [1.29, 1.82) is 0 Å². The van der Waals surface area contributed by atoms with E-state index < -0.39 is 10.0 Å². The van der Waals surface area contributed by atoms with Crippen LogP contribution in [0.5, 0.6) is 0 Å². The minimum atomic E-state index is -3.50. The smallest absolute Gasteiger partial charge is 0.257 e. The molecule has 0 spiro atoms. The van der Waals surface area contributed by atoms with Gasteiger partial charge in [0.05, 0.1) is 4.90 Å². The molecule has 0 unspecified atom stereocenters. The van der Waals surface area contributed by atoms with Crippen LogP contribution >= 0.6 is 11.3 Å². The molecule has 1 fully saturated rings. The molecule has 0 atom stereocenters. The molecular weight excluding hydrogens is 324 g/mol. The Morgan fingerprint density at radius 2 is 1.91 bits per heavy atom. The van der Waals surface area contributed by atoms with Gasteiger partial charge >= 0.3 is 0 Å². The second-order valence-electron chi connectivity index (χ2n) is 4.91. The maximum absolute atomic E-state index is 12.1. The molecule has 0 saturated heterocycles. The number of nitrogens with zero attached hydrogens (tertiary/aromatic N) is 2. The lowest BCUT2D eigenvalue weighted by molar-refractivity contribution is 0.102. The number of hydrogen-bond acceptors (Lipinski definition) is 6. The summed E-state index contributed by atoms with van der Waals surface area (Å²) in [5, 5.41) is 12.1. The predicted octanol–water partition coefficient (Wildman–Crippen LogP) is 1.58. The molecule has 0 radical (unpaired) electrons. The number of amides is 1. The molecule has 1 aliphatic rings. The maximum Gasteiger partial charge on any atom is 0.257 e. The van der Waals surface area contributed by atoms with Gasteiger partial charge < -0.3 is 0 Å². The van der Waals surface area contributed by atoms with Crippen molar-refractivity contribution in [2.24, 2.45) is 0 Å². The van der Waals surface area contributed by atoms with E-state index in [0.29, 0.717) is 16.6 Å². The van der Waals surface area contributed by atoms with Crippen LogP contribution in [0, 0.1) is 0 Å². The SMILES string of the molecule is CNS(=O)(=O)c1ccc(C(=O)Nc2nnc(C3CC3)s2)cc1. The van der Waals surface area contributed by atoms with E-state index in [0.717, 1.165) is 17.8 Å². The Kier molecular flexibility index (Phi) is 3.94. The molecule has 1 aromatic heterocycles. The first-order valence-corrected chi connectivity index (χ1v) is 8.98. The van der Waals surface area contributed by atoms with E-state index in [1.807, 2.05) is 0 Å². The lowest BCUT2D eigenvalue weighted by Gasteiger charge is -2.04. The standard InChI is InChI=1S/C13H14N4O3S2/c1-14-22(19,20)10-6-4-8(5-7-10)11(18)15-13-17-16-12(21-13)9-2-3-9/h4-7,9,14H,2-3H2,1H3,(H,15,17,18). The summed E-state index contributed by atoms with van der Waals surface area (Å²) in [6.07, 6.45) is 2.26. The highest BCUT2D eigenvalue weighted by Crippen LogP contribution is 2.42. The van der Waals surface area contributed by atoms with Crippen molar-refractivity contribution in [3.8, 4) is 0 Å². The maximum atomic E-state index is 12.1. The van der Waals surface area contributed by atoms with Crippen LogP contribution in [0.4, 0.5) is 5.13 Å². The zero-order valence-electron chi connectivity index (χ0n) is 11.7. The summed E-state index contributed by atoms with van der Waals surface area (Å²) >= 11 is 1.38. The molecule has 22 heavy (non-hydrogen) atoms. The number of nitrogens with one attached hydrogen (secondary N) is 2. The number of aromatic nitrogens is 2. The Bertz CT molecular complexity index is 795. The molecule has 9 heteroatoms. The Balaban J connectivity index is 1.71. The number of anilines is 1. The molecule has 2 N–H and O–H groups in total. The molecule has 3 rings (SSSR count). The van der Waals surface area contributed by atoms with Crippen molar-refractivity contribution in [2.45, 2.75) is 23.7 Å². The summed E-state index contributed by atoms with van der Waals surface area (Å²) in [6.45, 7) is 0. The van der Waals surface area contributed by atoms with Gasteiger partial charge in [-0.05, 0) is 44.2 Å². The lowest BCUT2D eigenvalue weighted by atomic mass is 10.2. The zero-order valence-corrected chi connectivity index (χ0v) is 13.4. The van der Waals surface area contributed by atoms with Gasteiger partial charge in [-0.2, -0.15) is 0 Å². The van der Waals surface area contributed by atoms with Crippen LogP contribution in [0.15, 0.2) is 29.2 Å². The summed E-state index contributed by atoms with van der Waals surface area (Å²) in [6, 6.07) is 5.69. The fourth-order valence-electron chi connectivity index (χ4n) is 1.85. The fourth-order valence-corrected chi connectivity index (χ4v) is 3.49. The number of carbonyl (C=O) groups excluding carboxylic acids is 1. The van der Waals surface area contributed by atoms with E-state index in [-0.39, 0.29) is 10.8 Å². The molecule has 1 saturated carbocycles. The van der Waals surface area contributed by atoms with E-state index in [1.165, 1.54) is 42.6 Å². The average molecular weight is 338 g/mol. The van der Waals surface area contributed by atoms with Crippen LogP contribution in [0.3, 0.4) is 0 Å². The van der Waals surface area contributed by atoms with Crippen molar-refractivity contribution < 1.29 is 13.2 Å². The van der Waals surface area contributed by atoms with Gasteiger partial charge in [0, 0.05) is 11.5 Å². The summed E-state index contributed by atoms with van der Waals surface area (Å²) in [5.74, 6) is 0.154. The second kappa shape index (κ2) is 5.75. The van der Waals surface area contributed by atoms with Crippen LogP contribution in [-0.2, 0) is 10.0 Å². The minimum absolute atomic E-state index is 0.110. The Hall–Kier alpha value is -1.84. The first kappa shape index (κ1) is 15.1. The first-order chi connectivity index (χ1) is 10.5. The summed E-state index contributed by atoms with van der Waals surface area (Å²) in [4.78, 5) is 12.2. The Morgan fingerprint density at radius 1 is 1.23 bits per heavy atom. The summed E-state index contributed by atoms with van der Waals surface area (Å²) < 4.78 is 25.5. The van der Waals surface area contributed by atoms with Crippen molar-refractivity contribution in [1.82, 2.24) is 14.9 Å². The third-order valence-corrected chi connectivity index (χ3v) is 5.71. The number of hydrogen-bond donors (Lipinski definition) is 2. The normalized spacial score (nSPS) is 14.8. The molecule has 0 bridgehead atoms. The molecule has 7 nitrogen and oxygen atoms in total. The van der Waals surface area contributed by atoms with E-state index in [1.54, 1.807) is 0 Å². The van der Waals surface area contributed by atoms with Gasteiger partial charge in [-0.3, -0.25) is 10.1 Å². The van der Waals surface area contributed by atoms with Crippen LogP contribution in [0.2, 0.25) is 0 Å². The molecular formula is C13H14N4O3S2. The average Bonchev–Trinajstić information content (AvgIpc) is 3.27. The summed E-state index contributed by atoms with van der Waals surface area (Å²) in [7, 11) is -2.16. The minimum Gasteiger partial charge on any atom is -0.296 e. The van der Waals surface area contributed by atoms with Crippen LogP contribution in [-0.4, -0.2) is 31.6 Å². The number of carbonyl (C=O) groups is 1. The lowest BCUT2D eigenvalue weighted by Crippen LogP contribution is -2.19. The molecule has 1 heterocycles. The second-order valence-corrected chi connectivity index (χ2v) is 7.80. The highest BCUT2D eigenvalue weighted by Gasteiger charge is 2.27. The Labute approximate surface area is 131 Å². The topological polar surface area (TPSA) is 101 Å². The molecule has 2 aromatic rings. The number of sulfonamides is 1. The zero-order chi connectivity index (χ0) is 15.7. The van der Waals surface area contributed by atoms with E-state index in [2.05, 4.69) is 20.2 Å². The predicted molar refractivity (Wildman–Crippen MR) is 82.5 cm³/mol. The van der Waals surface area contributed by atoms with Crippen molar-refractivity contribution >= 4 is 32.4 Å². The molecule has 0 aliphatic heterocycles. The van der Waals surface area contributed by atoms with E-state index >= 15 is 0 Å².